The molecule has 176 valence electrons. The standard InChI is InChI=1S/C25H26N4O3S2/c1-13-8-9-17-18(10-13)34-23(21(17)24(31)32-4)26-20(30)12-33-25-28-27-19-11-15(3)16-7-5-6-14(2)22(16)29(19)25/h5-7,11,13H,8-10,12H2,1-4H3,(H,26,30)/t13-/m1/s1. The highest BCUT2D eigenvalue weighted by molar-refractivity contribution is 7.99. The number of hydrogen-bond donors (Lipinski definition) is 1. The Morgan fingerprint density at radius 2 is 2.09 bits per heavy atom. The lowest BCUT2D eigenvalue weighted by molar-refractivity contribution is -0.113. The van der Waals surface area contributed by atoms with Crippen molar-refractivity contribution in [3.63, 3.8) is 0 Å². The van der Waals surface area contributed by atoms with E-state index in [1.807, 2.05) is 16.5 Å². The second-order valence-corrected chi connectivity index (χ2v) is 10.9. The predicted octanol–water partition coefficient (Wildman–Crippen LogP) is 5.20. The van der Waals surface area contributed by atoms with Crippen LogP contribution in [0.25, 0.3) is 16.6 Å². The molecule has 1 aromatic carbocycles. The molecule has 9 heteroatoms. The molecule has 0 fully saturated rings. The van der Waals surface area contributed by atoms with Crippen LogP contribution in [-0.4, -0.2) is 39.3 Å². The monoisotopic (exact) mass is 494 g/mol. The summed E-state index contributed by atoms with van der Waals surface area (Å²) in [4.78, 5) is 26.6. The zero-order valence-electron chi connectivity index (χ0n) is 19.6. The summed E-state index contributed by atoms with van der Waals surface area (Å²) in [6.45, 7) is 6.35. The van der Waals surface area contributed by atoms with Gasteiger partial charge in [-0.05, 0) is 61.8 Å². The van der Waals surface area contributed by atoms with Crippen LogP contribution < -0.4 is 5.32 Å². The average molecular weight is 495 g/mol. The number of rotatable bonds is 5. The second-order valence-electron chi connectivity index (χ2n) is 8.86. The molecule has 0 unspecified atom stereocenters. The van der Waals surface area contributed by atoms with E-state index in [2.05, 4.69) is 48.4 Å². The number of methoxy groups -OCH3 is 1. The predicted molar refractivity (Wildman–Crippen MR) is 136 cm³/mol. The Bertz CT molecular complexity index is 1440. The maximum Gasteiger partial charge on any atom is 0.341 e. The number of amides is 1. The fourth-order valence-corrected chi connectivity index (χ4v) is 6.83. The van der Waals surface area contributed by atoms with Crippen molar-refractivity contribution in [3.8, 4) is 0 Å². The highest BCUT2D eigenvalue weighted by Gasteiger charge is 2.29. The number of nitrogens with one attached hydrogen (secondary N) is 1. The highest BCUT2D eigenvalue weighted by atomic mass is 32.2. The van der Waals surface area contributed by atoms with Gasteiger partial charge < -0.3 is 10.1 Å². The molecule has 34 heavy (non-hydrogen) atoms. The van der Waals surface area contributed by atoms with Crippen LogP contribution in [0, 0.1) is 19.8 Å². The molecule has 7 nitrogen and oxygen atoms in total. The molecule has 5 rings (SSSR count). The van der Waals surface area contributed by atoms with Crippen LogP contribution in [0.4, 0.5) is 5.00 Å². The number of para-hydroxylation sites is 1. The van der Waals surface area contributed by atoms with Gasteiger partial charge in [0.1, 0.15) is 5.00 Å². The summed E-state index contributed by atoms with van der Waals surface area (Å²) in [5, 5.41) is 14.0. The highest BCUT2D eigenvalue weighted by Crippen LogP contribution is 2.40. The Morgan fingerprint density at radius 3 is 2.88 bits per heavy atom. The number of anilines is 1. The summed E-state index contributed by atoms with van der Waals surface area (Å²) >= 11 is 2.83. The average Bonchev–Trinajstić information content (AvgIpc) is 3.37. The first-order chi connectivity index (χ1) is 16.4. The Hall–Kier alpha value is -2.91. The lowest BCUT2D eigenvalue weighted by atomic mass is 9.88. The number of thioether (sulfide) groups is 1. The maximum atomic E-state index is 12.9. The SMILES string of the molecule is COC(=O)c1c(NC(=O)CSc2nnc3cc(C)c4cccc(C)c4n23)sc2c1CC[C@@H](C)C2. The summed E-state index contributed by atoms with van der Waals surface area (Å²) in [5.41, 5.74) is 5.61. The summed E-state index contributed by atoms with van der Waals surface area (Å²) in [6.07, 6.45) is 2.79. The first-order valence-corrected chi connectivity index (χ1v) is 13.1. The molecule has 1 N–H and O–H groups in total. The number of benzene rings is 1. The van der Waals surface area contributed by atoms with Gasteiger partial charge in [-0.3, -0.25) is 9.20 Å². The van der Waals surface area contributed by atoms with E-state index in [1.165, 1.54) is 35.1 Å². The molecule has 1 aliphatic carbocycles. The topological polar surface area (TPSA) is 85.6 Å². The number of nitrogens with zero attached hydrogens (tertiary/aromatic N) is 3. The molecular weight excluding hydrogens is 468 g/mol. The fourth-order valence-electron chi connectivity index (χ4n) is 4.67. The third kappa shape index (κ3) is 3.96. The lowest BCUT2D eigenvalue weighted by Crippen LogP contribution is -2.17. The zero-order chi connectivity index (χ0) is 24.0. The fraction of sp³-hybridized carbons (Fsp3) is 0.360. The molecule has 1 amide bonds. The number of aromatic nitrogens is 3. The van der Waals surface area contributed by atoms with Crippen molar-refractivity contribution in [2.75, 3.05) is 18.2 Å². The van der Waals surface area contributed by atoms with Crippen molar-refractivity contribution in [3.05, 3.63) is 51.4 Å². The Labute approximate surface area is 205 Å². The van der Waals surface area contributed by atoms with E-state index in [4.69, 9.17) is 4.74 Å². The molecule has 4 aromatic rings. The van der Waals surface area contributed by atoms with Crippen LogP contribution in [-0.2, 0) is 22.4 Å². The van der Waals surface area contributed by atoms with Gasteiger partial charge in [0, 0.05) is 10.3 Å². The number of fused-ring (bicyclic) bond motifs is 4. The Kier molecular flexibility index (Phi) is 6.07. The van der Waals surface area contributed by atoms with Crippen LogP contribution in [0.1, 0.15) is 45.3 Å². The number of pyridine rings is 1. The van der Waals surface area contributed by atoms with E-state index in [0.29, 0.717) is 21.6 Å². The van der Waals surface area contributed by atoms with Crippen LogP contribution in [0.3, 0.4) is 0 Å². The first-order valence-electron chi connectivity index (χ1n) is 11.3. The number of carbonyl (C=O) groups excluding carboxylic acids is 2. The molecule has 0 radical (unpaired) electrons. The molecule has 1 atom stereocenters. The van der Waals surface area contributed by atoms with Gasteiger partial charge in [0.2, 0.25) is 5.91 Å². The van der Waals surface area contributed by atoms with Crippen molar-refractivity contribution >= 4 is 56.5 Å². The lowest BCUT2D eigenvalue weighted by Gasteiger charge is -2.18. The summed E-state index contributed by atoms with van der Waals surface area (Å²) in [5.74, 6) is 0.142. The minimum atomic E-state index is -0.393. The van der Waals surface area contributed by atoms with Gasteiger partial charge >= 0.3 is 5.97 Å². The number of aryl methyl sites for hydroxylation is 2. The van der Waals surface area contributed by atoms with Crippen LogP contribution in [0.5, 0.6) is 0 Å². The Balaban J connectivity index is 1.41. The quantitative estimate of drug-likeness (QED) is 0.303. The van der Waals surface area contributed by atoms with Crippen LogP contribution in [0.15, 0.2) is 29.4 Å². The summed E-state index contributed by atoms with van der Waals surface area (Å²) in [7, 11) is 1.38. The van der Waals surface area contributed by atoms with Crippen molar-refractivity contribution in [2.24, 2.45) is 5.92 Å². The molecule has 3 aromatic heterocycles. The third-order valence-electron chi connectivity index (χ3n) is 6.38. The van der Waals surface area contributed by atoms with E-state index in [1.54, 1.807) is 0 Å². The molecule has 3 heterocycles. The number of hydrogen-bond acceptors (Lipinski definition) is 7. The van der Waals surface area contributed by atoms with Gasteiger partial charge in [-0.2, -0.15) is 0 Å². The molecule has 0 spiro atoms. The maximum absolute atomic E-state index is 12.9. The van der Waals surface area contributed by atoms with Crippen molar-refractivity contribution in [1.82, 2.24) is 14.6 Å². The van der Waals surface area contributed by atoms with Crippen LogP contribution >= 0.6 is 23.1 Å². The summed E-state index contributed by atoms with van der Waals surface area (Å²) < 4.78 is 7.04. The normalized spacial score (nSPS) is 15.5. The number of esters is 1. The van der Waals surface area contributed by atoms with E-state index in [-0.39, 0.29) is 11.7 Å². The largest absolute Gasteiger partial charge is 0.465 e. The molecule has 0 aliphatic heterocycles. The van der Waals surface area contributed by atoms with Gasteiger partial charge in [0.25, 0.3) is 0 Å². The minimum absolute atomic E-state index is 0.154. The van der Waals surface area contributed by atoms with Gasteiger partial charge in [-0.1, -0.05) is 36.9 Å². The van der Waals surface area contributed by atoms with Crippen molar-refractivity contribution in [2.45, 2.75) is 45.2 Å². The smallest absolute Gasteiger partial charge is 0.341 e. The number of carbonyl (C=O) groups is 2. The van der Waals surface area contributed by atoms with E-state index < -0.39 is 5.97 Å². The third-order valence-corrected chi connectivity index (χ3v) is 8.48. The molecule has 1 aliphatic rings. The van der Waals surface area contributed by atoms with Crippen LogP contribution in [0.2, 0.25) is 0 Å². The number of ether oxygens (including phenoxy) is 1. The molecule has 0 saturated carbocycles. The second kappa shape index (κ2) is 9.03. The zero-order valence-corrected chi connectivity index (χ0v) is 21.2. The summed E-state index contributed by atoms with van der Waals surface area (Å²) in [6, 6.07) is 8.21. The van der Waals surface area contributed by atoms with E-state index in [0.717, 1.165) is 52.5 Å². The van der Waals surface area contributed by atoms with Crippen molar-refractivity contribution in [1.29, 1.82) is 0 Å². The molecular formula is C25H26N4O3S2. The number of thiophene rings is 1. The molecule has 0 saturated heterocycles. The van der Waals surface area contributed by atoms with Crippen molar-refractivity contribution < 1.29 is 14.3 Å². The Morgan fingerprint density at radius 1 is 1.26 bits per heavy atom. The van der Waals surface area contributed by atoms with Gasteiger partial charge in [0.15, 0.2) is 10.8 Å². The van der Waals surface area contributed by atoms with E-state index >= 15 is 0 Å². The first kappa shape index (κ1) is 22.9. The molecule has 0 bridgehead atoms. The van der Waals surface area contributed by atoms with E-state index in [9.17, 15) is 9.59 Å². The van der Waals surface area contributed by atoms with Gasteiger partial charge in [-0.25, -0.2) is 4.79 Å². The van der Waals surface area contributed by atoms with Gasteiger partial charge in [-0.15, -0.1) is 21.5 Å². The minimum Gasteiger partial charge on any atom is -0.465 e. The van der Waals surface area contributed by atoms with Gasteiger partial charge in [0.05, 0.1) is 23.9 Å².